The molecule has 2 saturated carbocycles. The molecule has 3 fully saturated rings. The quantitative estimate of drug-likeness (QED) is 0.535. The van der Waals surface area contributed by atoms with E-state index in [9.17, 15) is 18.7 Å². The zero-order valence-electron chi connectivity index (χ0n) is 22.5. The van der Waals surface area contributed by atoms with E-state index in [1.165, 1.54) is 11.3 Å². The van der Waals surface area contributed by atoms with Crippen molar-refractivity contribution in [2.75, 3.05) is 32.1 Å². The molecule has 1 saturated heterocycles. The third-order valence-electron chi connectivity index (χ3n) is 8.81. The molecule has 0 unspecified atom stereocenters. The largest absolute Gasteiger partial charge is 0.393 e. The number of hydrogen-bond acceptors (Lipinski definition) is 6. The third kappa shape index (κ3) is 5.96. The number of alkyl halides is 2. The highest BCUT2D eigenvalue weighted by Crippen LogP contribution is 2.42. The number of fused-ring (bicyclic) bond motifs is 1. The van der Waals surface area contributed by atoms with Crippen molar-refractivity contribution in [3.05, 3.63) is 23.5 Å². The van der Waals surface area contributed by atoms with Crippen molar-refractivity contribution < 1.29 is 23.4 Å². The number of amides is 1. The Labute approximate surface area is 223 Å². The van der Waals surface area contributed by atoms with Gasteiger partial charge in [-0.15, -0.1) is 5.10 Å². The highest BCUT2D eigenvalue weighted by Gasteiger charge is 2.38. The van der Waals surface area contributed by atoms with Crippen LogP contribution in [0.4, 0.5) is 14.7 Å². The van der Waals surface area contributed by atoms with Gasteiger partial charge in [-0.1, -0.05) is 0 Å². The monoisotopic (exact) mass is 533 g/mol. The van der Waals surface area contributed by atoms with E-state index in [4.69, 9.17) is 9.84 Å². The molecule has 3 aliphatic rings. The number of methoxy groups -OCH3 is 1. The minimum Gasteiger partial charge on any atom is -0.393 e. The van der Waals surface area contributed by atoms with E-state index in [1.807, 2.05) is 17.6 Å². The van der Waals surface area contributed by atoms with Gasteiger partial charge >= 0.3 is 0 Å². The van der Waals surface area contributed by atoms with Crippen molar-refractivity contribution in [1.29, 1.82) is 0 Å². The van der Waals surface area contributed by atoms with Crippen LogP contribution < -0.4 is 5.32 Å². The standard InChI is InChI=1S/C28H41F2N5O3/c1-18(17-38-2)32-27-31-16-25-23(15-24(35(25)33-27)20-7-9-22(36)10-8-20)19-3-5-21(6-4-19)26(37)34-13-11-28(29,30)12-14-34/h15-16,18-22,36H,3-14,17H2,1-2H3,(H,32,33)/t18-,19-,20-,21+,22-/m0/s1. The molecule has 1 amide bonds. The Morgan fingerprint density at radius 2 is 1.79 bits per heavy atom. The Balaban J connectivity index is 1.33. The maximum atomic E-state index is 13.6. The lowest BCUT2D eigenvalue weighted by molar-refractivity contribution is -0.142. The Kier molecular flexibility index (Phi) is 8.19. The number of piperidine rings is 1. The zero-order valence-corrected chi connectivity index (χ0v) is 22.5. The Hall–Kier alpha value is -2.33. The number of aliphatic hydroxyl groups excluding tert-OH is 1. The first kappa shape index (κ1) is 27.2. The van der Waals surface area contributed by atoms with Crippen LogP contribution in [0.15, 0.2) is 12.3 Å². The van der Waals surface area contributed by atoms with Crippen molar-refractivity contribution in [2.45, 2.75) is 101 Å². The minimum absolute atomic E-state index is 0.0476. The number of hydrogen-bond donors (Lipinski definition) is 2. The molecule has 2 N–H and O–H groups in total. The predicted octanol–water partition coefficient (Wildman–Crippen LogP) is 4.73. The number of nitrogens with zero attached hydrogens (tertiary/aromatic N) is 4. The molecule has 10 heteroatoms. The fourth-order valence-electron chi connectivity index (χ4n) is 6.57. The van der Waals surface area contributed by atoms with E-state index >= 15 is 0 Å². The normalized spacial score (nSPS) is 28.8. The lowest BCUT2D eigenvalue weighted by Gasteiger charge is -2.36. The number of carbonyl (C=O) groups is 1. The van der Waals surface area contributed by atoms with Crippen LogP contribution in [-0.4, -0.2) is 75.4 Å². The summed E-state index contributed by atoms with van der Waals surface area (Å²) < 4.78 is 34.4. The Bertz CT molecular complexity index is 1100. The molecule has 1 aliphatic heterocycles. The van der Waals surface area contributed by atoms with Crippen molar-refractivity contribution >= 4 is 17.4 Å². The lowest BCUT2D eigenvalue weighted by atomic mass is 9.78. The predicted molar refractivity (Wildman–Crippen MR) is 141 cm³/mol. The molecule has 3 heterocycles. The maximum Gasteiger partial charge on any atom is 0.251 e. The molecule has 2 aromatic rings. The fraction of sp³-hybridized carbons (Fsp3) is 0.750. The highest BCUT2D eigenvalue weighted by atomic mass is 19.3. The lowest BCUT2D eigenvalue weighted by Crippen LogP contribution is -2.45. The summed E-state index contributed by atoms with van der Waals surface area (Å²) in [5, 5.41) is 18.3. The number of rotatable bonds is 7. The summed E-state index contributed by atoms with van der Waals surface area (Å²) in [6.07, 6.45) is 7.97. The van der Waals surface area contributed by atoms with E-state index in [0.29, 0.717) is 24.4 Å². The van der Waals surface area contributed by atoms with Gasteiger partial charge in [-0.3, -0.25) is 4.79 Å². The molecule has 210 valence electrons. The number of ether oxygens (including phenoxy) is 1. The van der Waals surface area contributed by atoms with Crippen molar-refractivity contribution in [3.8, 4) is 0 Å². The van der Waals surface area contributed by atoms with Crippen LogP contribution in [0, 0.1) is 5.92 Å². The average Bonchev–Trinajstić information content (AvgIpc) is 3.28. The van der Waals surface area contributed by atoms with Gasteiger partial charge < -0.3 is 20.1 Å². The summed E-state index contributed by atoms with van der Waals surface area (Å²) in [5.41, 5.74) is 3.40. The smallest absolute Gasteiger partial charge is 0.251 e. The third-order valence-corrected chi connectivity index (χ3v) is 8.81. The molecule has 1 atom stereocenters. The molecular weight excluding hydrogens is 492 g/mol. The topological polar surface area (TPSA) is 92.0 Å². The molecule has 0 aromatic carbocycles. The highest BCUT2D eigenvalue weighted by molar-refractivity contribution is 5.79. The summed E-state index contributed by atoms with van der Waals surface area (Å²) in [5.74, 6) is -1.49. The summed E-state index contributed by atoms with van der Waals surface area (Å²) in [6, 6.07) is 2.36. The molecule has 2 aromatic heterocycles. The van der Waals surface area contributed by atoms with Crippen LogP contribution in [0.1, 0.15) is 94.2 Å². The number of aromatic nitrogens is 3. The van der Waals surface area contributed by atoms with Crippen LogP contribution >= 0.6 is 0 Å². The molecule has 0 spiro atoms. The van der Waals surface area contributed by atoms with Crippen molar-refractivity contribution in [1.82, 2.24) is 19.5 Å². The Morgan fingerprint density at radius 3 is 2.45 bits per heavy atom. The average molecular weight is 534 g/mol. The van der Waals surface area contributed by atoms with Gasteiger partial charge in [0.05, 0.1) is 24.4 Å². The molecule has 5 rings (SSSR count). The fourth-order valence-corrected chi connectivity index (χ4v) is 6.57. The molecule has 0 bridgehead atoms. The van der Waals surface area contributed by atoms with Crippen LogP contribution in [0.5, 0.6) is 0 Å². The van der Waals surface area contributed by atoms with Crippen LogP contribution in [0.25, 0.3) is 5.52 Å². The van der Waals surface area contributed by atoms with E-state index in [0.717, 1.165) is 56.9 Å². The van der Waals surface area contributed by atoms with Crippen LogP contribution in [-0.2, 0) is 9.53 Å². The van der Waals surface area contributed by atoms with E-state index in [-0.39, 0.29) is 49.9 Å². The second-order valence-electron chi connectivity index (χ2n) is 11.6. The van der Waals surface area contributed by atoms with Gasteiger partial charge in [-0.05, 0) is 75.8 Å². The van der Waals surface area contributed by atoms with Crippen molar-refractivity contribution in [3.63, 3.8) is 0 Å². The summed E-state index contributed by atoms with van der Waals surface area (Å²) in [7, 11) is 1.67. The summed E-state index contributed by atoms with van der Waals surface area (Å²) in [4.78, 5) is 19.3. The van der Waals surface area contributed by atoms with Gasteiger partial charge in [0.1, 0.15) is 0 Å². The SMILES string of the molecule is COC[C@H](C)Nc1ncc2c([C@H]3CC[C@@H](C(=O)N4CCC(F)(F)CC4)CC3)cc([C@H]3CC[C@H](O)CC3)n2n1. The molecule has 0 radical (unpaired) electrons. The first-order chi connectivity index (χ1) is 18.2. The van der Waals surface area contributed by atoms with E-state index in [2.05, 4.69) is 16.4 Å². The summed E-state index contributed by atoms with van der Waals surface area (Å²) >= 11 is 0. The zero-order chi connectivity index (χ0) is 26.9. The van der Waals surface area contributed by atoms with Crippen molar-refractivity contribution in [2.24, 2.45) is 5.92 Å². The van der Waals surface area contributed by atoms with Gasteiger partial charge in [0.2, 0.25) is 11.9 Å². The van der Waals surface area contributed by atoms with Gasteiger partial charge in [-0.25, -0.2) is 18.3 Å². The second kappa shape index (κ2) is 11.4. The van der Waals surface area contributed by atoms with Crippen LogP contribution in [0.2, 0.25) is 0 Å². The number of halogens is 2. The number of nitrogens with one attached hydrogen (secondary N) is 1. The number of carbonyl (C=O) groups excluding carboxylic acids is 1. The van der Waals surface area contributed by atoms with E-state index < -0.39 is 5.92 Å². The minimum atomic E-state index is -2.64. The molecular formula is C28H41F2N5O3. The number of aliphatic hydroxyl groups is 1. The van der Waals surface area contributed by atoms with Gasteiger partial charge in [0.15, 0.2) is 0 Å². The molecule has 2 aliphatic carbocycles. The number of likely N-dealkylation sites (tertiary alicyclic amines) is 1. The maximum absolute atomic E-state index is 13.6. The molecule has 38 heavy (non-hydrogen) atoms. The van der Waals surface area contributed by atoms with Gasteiger partial charge in [0.25, 0.3) is 5.92 Å². The van der Waals surface area contributed by atoms with Gasteiger partial charge in [-0.2, -0.15) is 0 Å². The Morgan fingerprint density at radius 1 is 1.13 bits per heavy atom. The first-order valence-electron chi connectivity index (χ1n) is 14.2. The van der Waals surface area contributed by atoms with Gasteiger partial charge in [0, 0.05) is 56.6 Å². The van der Waals surface area contributed by atoms with E-state index in [1.54, 1.807) is 12.0 Å². The number of anilines is 1. The summed E-state index contributed by atoms with van der Waals surface area (Å²) in [6.45, 7) is 2.89. The molecule has 8 nitrogen and oxygen atoms in total. The second-order valence-corrected chi connectivity index (χ2v) is 11.6. The first-order valence-corrected chi connectivity index (χ1v) is 14.2. The van der Waals surface area contributed by atoms with Crippen LogP contribution in [0.3, 0.4) is 0 Å².